The van der Waals surface area contributed by atoms with Crippen LogP contribution in [0.1, 0.15) is 25.1 Å². The molecule has 2 rings (SSSR count). The topological polar surface area (TPSA) is 25.8 Å². The second-order valence-corrected chi connectivity index (χ2v) is 3.65. The van der Waals surface area contributed by atoms with Crippen molar-refractivity contribution in [3.05, 3.63) is 48.0 Å². The smallest absolute Gasteiger partial charge is 0.244 e. The number of alkyl halides is 3. The van der Waals surface area contributed by atoms with Crippen LogP contribution in [0.25, 0.3) is 11.1 Å². The molecule has 0 unspecified atom stereocenters. The van der Waals surface area contributed by atoms with E-state index in [2.05, 4.69) is 9.97 Å². The minimum atomic E-state index is -4.47. The maximum atomic E-state index is 12.7. The Morgan fingerprint density at radius 3 is 2.37 bits per heavy atom. The van der Waals surface area contributed by atoms with Crippen molar-refractivity contribution >= 4 is 0 Å². The zero-order valence-electron chi connectivity index (χ0n) is 11.0. The third-order valence-corrected chi connectivity index (χ3v) is 2.31. The lowest BCUT2D eigenvalue weighted by atomic mass is 10.0. The van der Waals surface area contributed by atoms with E-state index in [0.29, 0.717) is 5.56 Å². The minimum Gasteiger partial charge on any atom is -0.244 e. The molecule has 1 aromatic heterocycles. The molecule has 0 saturated heterocycles. The first-order chi connectivity index (χ1) is 8.98. The summed E-state index contributed by atoms with van der Waals surface area (Å²) in [6.45, 7) is 5.82. The lowest BCUT2D eigenvalue weighted by molar-refractivity contribution is -0.140. The van der Waals surface area contributed by atoms with Gasteiger partial charge >= 0.3 is 6.18 Å². The van der Waals surface area contributed by atoms with E-state index in [1.807, 2.05) is 26.8 Å². The van der Waals surface area contributed by atoms with Crippen LogP contribution in [0.4, 0.5) is 13.2 Å². The van der Waals surface area contributed by atoms with E-state index in [1.54, 1.807) is 18.2 Å². The number of benzene rings is 1. The minimum absolute atomic E-state index is 0.00343. The standard InChI is InChI=1S/C12H9F3N2.C2H6/c1-8-3-2-4-9(5-8)10-6-16-7-17-11(10)12(13,14)15;1-2/h2-7H,1H3;1-2H3. The molecule has 0 saturated carbocycles. The summed E-state index contributed by atoms with van der Waals surface area (Å²) in [7, 11) is 0. The highest BCUT2D eigenvalue weighted by atomic mass is 19.4. The molecule has 0 aliphatic carbocycles. The molecular formula is C14H15F3N2. The SMILES string of the molecule is CC.Cc1cccc(-c2cncnc2C(F)(F)F)c1. The van der Waals surface area contributed by atoms with Gasteiger partial charge in [0.1, 0.15) is 6.33 Å². The summed E-state index contributed by atoms with van der Waals surface area (Å²) >= 11 is 0. The van der Waals surface area contributed by atoms with Gasteiger partial charge in [-0.1, -0.05) is 43.7 Å². The molecule has 19 heavy (non-hydrogen) atoms. The molecule has 0 aliphatic heterocycles. The number of halogens is 3. The largest absolute Gasteiger partial charge is 0.434 e. The van der Waals surface area contributed by atoms with Crippen molar-refractivity contribution in [1.29, 1.82) is 0 Å². The van der Waals surface area contributed by atoms with Gasteiger partial charge < -0.3 is 0 Å². The van der Waals surface area contributed by atoms with Gasteiger partial charge in [-0.3, -0.25) is 0 Å². The molecule has 1 aromatic carbocycles. The Labute approximate surface area is 110 Å². The number of rotatable bonds is 1. The normalized spacial score (nSPS) is 10.6. The maximum absolute atomic E-state index is 12.7. The van der Waals surface area contributed by atoms with Crippen LogP contribution >= 0.6 is 0 Å². The Balaban J connectivity index is 0.000000861. The van der Waals surface area contributed by atoms with Crippen molar-refractivity contribution in [1.82, 2.24) is 9.97 Å². The molecule has 0 fully saturated rings. The number of hydrogen-bond acceptors (Lipinski definition) is 2. The number of aromatic nitrogens is 2. The molecule has 2 nitrogen and oxygen atoms in total. The van der Waals surface area contributed by atoms with E-state index in [9.17, 15) is 13.2 Å². The number of hydrogen-bond donors (Lipinski definition) is 0. The van der Waals surface area contributed by atoms with Crippen LogP contribution < -0.4 is 0 Å². The van der Waals surface area contributed by atoms with Crippen molar-refractivity contribution in [3.8, 4) is 11.1 Å². The molecule has 2 aromatic rings. The fourth-order valence-electron chi connectivity index (χ4n) is 1.58. The molecule has 1 heterocycles. The Bertz CT molecular complexity index is 536. The summed E-state index contributed by atoms with van der Waals surface area (Å²) < 4.78 is 38.2. The monoisotopic (exact) mass is 268 g/mol. The first kappa shape index (κ1) is 15.1. The van der Waals surface area contributed by atoms with E-state index in [1.165, 1.54) is 6.20 Å². The maximum Gasteiger partial charge on any atom is 0.434 e. The van der Waals surface area contributed by atoms with Crippen LogP contribution in [-0.2, 0) is 6.18 Å². The van der Waals surface area contributed by atoms with Crippen molar-refractivity contribution in [2.45, 2.75) is 26.9 Å². The second kappa shape index (κ2) is 6.31. The molecule has 0 atom stereocenters. The quantitative estimate of drug-likeness (QED) is 0.761. The number of aryl methyl sites for hydroxylation is 1. The van der Waals surface area contributed by atoms with Crippen LogP contribution in [0.3, 0.4) is 0 Å². The summed E-state index contributed by atoms with van der Waals surface area (Å²) in [5.41, 5.74) is 0.458. The molecule has 102 valence electrons. The highest BCUT2D eigenvalue weighted by molar-refractivity contribution is 5.66. The lowest BCUT2D eigenvalue weighted by Crippen LogP contribution is -2.10. The van der Waals surface area contributed by atoms with Gasteiger partial charge in [0.15, 0.2) is 5.69 Å². The molecule has 0 aliphatic rings. The van der Waals surface area contributed by atoms with Gasteiger partial charge in [-0.15, -0.1) is 0 Å². The highest BCUT2D eigenvalue weighted by Gasteiger charge is 2.35. The van der Waals surface area contributed by atoms with Gasteiger partial charge in [-0.2, -0.15) is 13.2 Å². The van der Waals surface area contributed by atoms with Gasteiger partial charge in [-0.25, -0.2) is 9.97 Å². The summed E-state index contributed by atoms with van der Waals surface area (Å²) in [6, 6.07) is 6.81. The molecular weight excluding hydrogens is 253 g/mol. The van der Waals surface area contributed by atoms with Crippen LogP contribution in [0.5, 0.6) is 0 Å². The van der Waals surface area contributed by atoms with Gasteiger partial charge in [0, 0.05) is 11.8 Å². The molecule has 0 spiro atoms. The highest BCUT2D eigenvalue weighted by Crippen LogP contribution is 2.34. The fraction of sp³-hybridized carbons (Fsp3) is 0.286. The molecule has 0 bridgehead atoms. The second-order valence-electron chi connectivity index (χ2n) is 3.65. The average molecular weight is 268 g/mol. The van der Waals surface area contributed by atoms with Gasteiger partial charge in [0.25, 0.3) is 0 Å². The lowest BCUT2D eigenvalue weighted by Gasteiger charge is -2.11. The van der Waals surface area contributed by atoms with Gasteiger partial charge in [0.2, 0.25) is 0 Å². The zero-order valence-corrected chi connectivity index (χ0v) is 11.0. The van der Waals surface area contributed by atoms with Crippen LogP contribution in [0, 0.1) is 6.92 Å². The van der Waals surface area contributed by atoms with Crippen molar-refractivity contribution in [3.63, 3.8) is 0 Å². The fourth-order valence-corrected chi connectivity index (χ4v) is 1.58. The van der Waals surface area contributed by atoms with E-state index in [-0.39, 0.29) is 5.56 Å². The Morgan fingerprint density at radius 1 is 1.11 bits per heavy atom. The Kier molecular flexibility index (Phi) is 5.03. The van der Waals surface area contributed by atoms with Crippen molar-refractivity contribution in [2.24, 2.45) is 0 Å². The van der Waals surface area contributed by atoms with E-state index < -0.39 is 11.9 Å². The molecule has 0 amide bonds. The third-order valence-electron chi connectivity index (χ3n) is 2.31. The summed E-state index contributed by atoms with van der Waals surface area (Å²) in [6.07, 6.45) is -2.38. The Hall–Kier alpha value is -1.91. The van der Waals surface area contributed by atoms with Crippen molar-refractivity contribution in [2.75, 3.05) is 0 Å². The van der Waals surface area contributed by atoms with Crippen LogP contribution in [0.15, 0.2) is 36.8 Å². The van der Waals surface area contributed by atoms with Crippen LogP contribution in [0.2, 0.25) is 0 Å². The predicted molar refractivity (Wildman–Crippen MR) is 68.6 cm³/mol. The van der Waals surface area contributed by atoms with Gasteiger partial charge in [-0.05, 0) is 12.5 Å². The van der Waals surface area contributed by atoms with Gasteiger partial charge in [0.05, 0.1) is 0 Å². The third kappa shape index (κ3) is 3.77. The van der Waals surface area contributed by atoms with E-state index in [0.717, 1.165) is 11.9 Å². The molecule has 0 N–H and O–H groups in total. The first-order valence-corrected chi connectivity index (χ1v) is 5.93. The molecule has 5 heteroatoms. The summed E-state index contributed by atoms with van der Waals surface area (Å²) in [5.74, 6) is 0. The summed E-state index contributed by atoms with van der Waals surface area (Å²) in [4.78, 5) is 6.97. The summed E-state index contributed by atoms with van der Waals surface area (Å²) in [5, 5.41) is 0. The first-order valence-electron chi connectivity index (χ1n) is 5.93. The number of nitrogens with zero attached hydrogens (tertiary/aromatic N) is 2. The molecule has 0 radical (unpaired) electrons. The Morgan fingerprint density at radius 2 is 1.79 bits per heavy atom. The van der Waals surface area contributed by atoms with E-state index >= 15 is 0 Å². The average Bonchev–Trinajstić information content (AvgIpc) is 2.40. The van der Waals surface area contributed by atoms with Crippen LogP contribution in [-0.4, -0.2) is 9.97 Å². The zero-order chi connectivity index (χ0) is 14.5. The van der Waals surface area contributed by atoms with Crippen molar-refractivity contribution < 1.29 is 13.2 Å². The van der Waals surface area contributed by atoms with E-state index in [4.69, 9.17) is 0 Å². The predicted octanol–water partition coefficient (Wildman–Crippen LogP) is 4.50.